The molecule has 0 radical (unpaired) electrons. The van der Waals surface area contributed by atoms with Crippen molar-refractivity contribution in [3.8, 4) is 0 Å². The zero-order valence-electron chi connectivity index (χ0n) is 18.1. The minimum absolute atomic E-state index is 0.0722. The Labute approximate surface area is 168 Å². The van der Waals surface area contributed by atoms with Gasteiger partial charge in [0.25, 0.3) is 0 Å². The van der Waals surface area contributed by atoms with E-state index in [4.69, 9.17) is 9.47 Å². The average molecular weight is 392 g/mol. The Balaban J connectivity index is 2.14. The van der Waals surface area contributed by atoms with Gasteiger partial charge in [-0.2, -0.15) is 0 Å². The van der Waals surface area contributed by atoms with Crippen molar-refractivity contribution in [3.63, 3.8) is 0 Å². The molecule has 0 spiro atoms. The van der Waals surface area contributed by atoms with Gasteiger partial charge in [0, 0.05) is 19.8 Å². The molecule has 1 aromatic heterocycles. The Hall–Kier alpha value is -2.31. The van der Waals surface area contributed by atoms with Crippen LogP contribution in [0.5, 0.6) is 0 Å². The first kappa shape index (κ1) is 22.0. The van der Waals surface area contributed by atoms with Gasteiger partial charge in [-0.3, -0.25) is 4.90 Å². The number of hydrogen-bond donors (Lipinski definition) is 0. The summed E-state index contributed by atoms with van der Waals surface area (Å²) in [6.45, 7) is 11.7. The van der Waals surface area contributed by atoms with Crippen LogP contribution in [0, 0.1) is 0 Å². The first-order chi connectivity index (χ1) is 12.9. The SMILES string of the molecule is CN(C(=O)OC(C)(C)C)c1ccc([C@H]2CCCCN2C(=O)OC(C)(C)C)cn1. The predicted octanol–water partition coefficient (Wildman–Crippen LogP) is 4.92. The highest BCUT2D eigenvalue weighted by atomic mass is 16.6. The maximum atomic E-state index is 12.6. The lowest BCUT2D eigenvalue weighted by molar-refractivity contribution is 0.00947. The van der Waals surface area contributed by atoms with Crippen LogP contribution in [0.2, 0.25) is 0 Å². The van der Waals surface area contributed by atoms with Crippen LogP contribution in [0.3, 0.4) is 0 Å². The van der Waals surface area contributed by atoms with E-state index in [2.05, 4.69) is 4.98 Å². The van der Waals surface area contributed by atoms with Crippen molar-refractivity contribution >= 4 is 18.0 Å². The maximum absolute atomic E-state index is 12.6. The zero-order chi connectivity index (χ0) is 21.1. The molecule has 0 N–H and O–H groups in total. The number of rotatable bonds is 2. The quantitative estimate of drug-likeness (QED) is 0.716. The van der Waals surface area contributed by atoms with E-state index in [-0.39, 0.29) is 12.1 Å². The van der Waals surface area contributed by atoms with Gasteiger partial charge in [0.1, 0.15) is 17.0 Å². The summed E-state index contributed by atoms with van der Waals surface area (Å²) in [5, 5.41) is 0. The van der Waals surface area contributed by atoms with Crippen LogP contribution in [0.25, 0.3) is 0 Å². The molecule has 0 aromatic carbocycles. The van der Waals surface area contributed by atoms with E-state index in [1.165, 1.54) is 4.90 Å². The minimum atomic E-state index is -0.568. The van der Waals surface area contributed by atoms with E-state index in [1.54, 1.807) is 24.2 Å². The van der Waals surface area contributed by atoms with E-state index < -0.39 is 17.3 Å². The number of aromatic nitrogens is 1. The van der Waals surface area contributed by atoms with E-state index in [0.717, 1.165) is 24.8 Å². The molecule has 0 saturated carbocycles. The highest BCUT2D eigenvalue weighted by Gasteiger charge is 2.32. The highest BCUT2D eigenvalue weighted by molar-refractivity contribution is 5.85. The number of anilines is 1. The third kappa shape index (κ3) is 6.11. The lowest BCUT2D eigenvalue weighted by Crippen LogP contribution is -2.41. The van der Waals surface area contributed by atoms with Crippen LogP contribution >= 0.6 is 0 Å². The second kappa shape index (κ2) is 8.37. The molecule has 0 bridgehead atoms. The second-order valence-electron chi connectivity index (χ2n) is 9.17. The molecule has 1 aliphatic rings. The number of ether oxygens (including phenoxy) is 2. The van der Waals surface area contributed by atoms with Gasteiger partial charge in [-0.1, -0.05) is 6.07 Å². The Morgan fingerprint density at radius 1 is 1.07 bits per heavy atom. The van der Waals surface area contributed by atoms with Crippen molar-refractivity contribution < 1.29 is 19.1 Å². The Bertz CT molecular complexity index is 689. The normalized spacial score (nSPS) is 17.8. The zero-order valence-corrected chi connectivity index (χ0v) is 18.1. The van der Waals surface area contributed by atoms with Crippen molar-refractivity contribution in [3.05, 3.63) is 23.9 Å². The fourth-order valence-electron chi connectivity index (χ4n) is 3.03. The highest BCUT2D eigenvalue weighted by Crippen LogP contribution is 2.32. The van der Waals surface area contributed by atoms with Crippen LogP contribution in [0.15, 0.2) is 18.3 Å². The second-order valence-corrected chi connectivity index (χ2v) is 9.17. The third-order valence-corrected chi connectivity index (χ3v) is 4.30. The number of carbonyl (C=O) groups excluding carboxylic acids is 2. The van der Waals surface area contributed by atoms with Crippen molar-refractivity contribution in [2.75, 3.05) is 18.5 Å². The number of pyridine rings is 1. The van der Waals surface area contributed by atoms with Gasteiger partial charge < -0.3 is 14.4 Å². The summed E-state index contributed by atoms with van der Waals surface area (Å²) < 4.78 is 10.9. The standard InChI is InChI=1S/C21H33N3O4/c1-20(2,3)27-18(25)23(7)17-12-11-15(14-22-17)16-10-8-9-13-24(16)19(26)28-21(4,5)6/h11-12,14,16H,8-10,13H2,1-7H3/t16-/m1/s1. The van der Waals surface area contributed by atoms with E-state index >= 15 is 0 Å². The maximum Gasteiger partial charge on any atom is 0.415 e. The Morgan fingerprint density at radius 3 is 2.25 bits per heavy atom. The molecule has 7 nitrogen and oxygen atoms in total. The molecule has 7 heteroatoms. The van der Waals surface area contributed by atoms with Gasteiger partial charge in [-0.15, -0.1) is 0 Å². The van der Waals surface area contributed by atoms with E-state index in [1.807, 2.05) is 47.6 Å². The van der Waals surface area contributed by atoms with Crippen LogP contribution in [-0.4, -0.2) is 46.9 Å². The van der Waals surface area contributed by atoms with Crippen LogP contribution in [-0.2, 0) is 9.47 Å². The van der Waals surface area contributed by atoms with Gasteiger partial charge in [0.05, 0.1) is 6.04 Å². The lowest BCUT2D eigenvalue weighted by atomic mass is 9.97. The number of nitrogens with zero attached hydrogens (tertiary/aromatic N) is 3. The summed E-state index contributed by atoms with van der Waals surface area (Å²) in [7, 11) is 1.63. The summed E-state index contributed by atoms with van der Waals surface area (Å²) in [4.78, 5) is 32.4. The number of carbonyl (C=O) groups is 2. The predicted molar refractivity (Wildman–Crippen MR) is 108 cm³/mol. The molecule has 2 amide bonds. The summed E-state index contributed by atoms with van der Waals surface area (Å²) in [5.41, 5.74) is -0.162. The van der Waals surface area contributed by atoms with E-state index in [0.29, 0.717) is 12.4 Å². The molecule has 1 atom stereocenters. The third-order valence-electron chi connectivity index (χ3n) is 4.30. The topological polar surface area (TPSA) is 72.0 Å². The monoisotopic (exact) mass is 391 g/mol. The van der Waals surface area contributed by atoms with E-state index in [9.17, 15) is 9.59 Å². The molecule has 2 rings (SSSR count). The fourth-order valence-corrected chi connectivity index (χ4v) is 3.03. The molecule has 0 aliphatic carbocycles. The molecule has 0 unspecified atom stereocenters. The molecule has 1 aliphatic heterocycles. The molecule has 156 valence electrons. The Kier molecular flexibility index (Phi) is 6.57. The largest absolute Gasteiger partial charge is 0.444 e. The molecule has 1 fully saturated rings. The van der Waals surface area contributed by atoms with Gasteiger partial charge in [-0.25, -0.2) is 14.6 Å². The summed E-state index contributed by atoms with van der Waals surface area (Å²) >= 11 is 0. The van der Waals surface area contributed by atoms with Crippen LogP contribution in [0.1, 0.15) is 72.4 Å². The van der Waals surface area contributed by atoms with Gasteiger partial charge in [0.15, 0.2) is 0 Å². The number of amides is 2. The van der Waals surface area contributed by atoms with Gasteiger partial charge in [-0.05, 0) is 72.4 Å². The number of piperidine rings is 1. The van der Waals surface area contributed by atoms with Crippen molar-refractivity contribution in [1.29, 1.82) is 0 Å². The smallest absolute Gasteiger partial charge is 0.415 e. The molecular weight excluding hydrogens is 358 g/mol. The average Bonchev–Trinajstić information content (AvgIpc) is 2.58. The summed E-state index contributed by atoms with van der Waals surface area (Å²) in [5.74, 6) is 0.498. The molecule has 1 aromatic rings. The van der Waals surface area contributed by atoms with Crippen LogP contribution in [0.4, 0.5) is 15.4 Å². The first-order valence-electron chi connectivity index (χ1n) is 9.80. The number of hydrogen-bond acceptors (Lipinski definition) is 5. The summed E-state index contributed by atoms with van der Waals surface area (Å²) in [6.07, 6.45) is 3.84. The molecule has 28 heavy (non-hydrogen) atoms. The van der Waals surface area contributed by atoms with Crippen LogP contribution < -0.4 is 4.90 Å². The molecule has 2 heterocycles. The van der Waals surface area contributed by atoms with Gasteiger partial charge in [0.2, 0.25) is 0 Å². The lowest BCUT2D eigenvalue weighted by Gasteiger charge is -2.37. The van der Waals surface area contributed by atoms with Crippen molar-refractivity contribution in [2.45, 2.75) is 78.0 Å². The fraction of sp³-hybridized carbons (Fsp3) is 0.667. The van der Waals surface area contributed by atoms with Gasteiger partial charge >= 0.3 is 12.2 Å². The van der Waals surface area contributed by atoms with Crippen molar-refractivity contribution in [1.82, 2.24) is 9.88 Å². The number of likely N-dealkylation sites (tertiary alicyclic amines) is 1. The van der Waals surface area contributed by atoms with Crippen molar-refractivity contribution in [2.24, 2.45) is 0 Å². The first-order valence-corrected chi connectivity index (χ1v) is 9.80. The molecular formula is C21H33N3O4. The summed E-state index contributed by atoms with van der Waals surface area (Å²) in [6, 6.07) is 3.62. The Morgan fingerprint density at radius 2 is 1.71 bits per heavy atom. The molecule has 1 saturated heterocycles. The minimum Gasteiger partial charge on any atom is -0.444 e.